The Morgan fingerprint density at radius 1 is 1.19 bits per heavy atom. The van der Waals surface area contributed by atoms with Gasteiger partial charge in [-0.3, -0.25) is 4.79 Å². The Balaban J connectivity index is 2.12. The molecule has 142 valence electrons. The molecule has 27 heavy (non-hydrogen) atoms. The fourth-order valence-electron chi connectivity index (χ4n) is 2.60. The number of Topliss-reactive ketones (excluding diaryl/α,β-unsaturated/α-hetero) is 1. The minimum atomic E-state index is -0.157. The fourth-order valence-corrected chi connectivity index (χ4v) is 2.60. The van der Waals surface area contributed by atoms with Crippen molar-refractivity contribution in [2.75, 3.05) is 0 Å². The highest BCUT2D eigenvalue weighted by molar-refractivity contribution is 5.97. The number of hydrogen-bond acceptors (Lipinski definition) is 5. The highest BCUT2D eigenvalue weighted by Crippen LogP contribution is 2.29. The molecule has 0 unspecified atom stereocenters. The lowest BCUT2D eigenvalue weighted by Crippen LogP contribution is -2.21. The second-order valence-corrected chi connectivity index (χ2v) is 6.03. The number of benzene rings is 2. The Labute approximate surface area is 158 Å². The molecule has 2 aromatic rings. The molecule has 0 bridgehead atoms. The number of rotatable bonds is 8. The highest BCUT2D eigenvalue weighted by Gasteiger charge is 2.15. The molecule has 0 saturated carbocycles. The van der Waals surface area contributed by atoms with E-state index in [1.54, 1.807) is 18.2 Å². The topological polar surface area (TPSA) is 123 Å². The van der Waals surface area contributed by atoms with Crippen molar-refractivity contribution in [1.82, 2.24) is 0 Å². The maximum Gasteiger partial charge on any atom is 0.211 e. The maximum absolute atomic E-state index is 11.6. The number of carbonyl (C=O) groups excluding carboxylic acids is 1. The first kappa shape index (κ1) is 20.0. The quantitative estimate of drug-likeness (QED) is 0.286. The van der Waals surface area contributed by atoms with Crippen molar-refractivity contribution in [2.24, 2.45) is 21.7 Å². The van der Waals surface area contributed by atoms with Gasteiger partial charge in [-0.1, -0.05) is 19.4 Å². The number of hydrogen-bond donors (Lipinski definition) is 3. The Morgan fingerprint density at radius 2 is 1.89 bits per heavy atom. The van der Waals surface area contributed by atoms with E-state index in [1.807, 2.05) is 25.1 Å². The van der Waals surface area contributed by atoms with Gasteiger partial charge in [-0.15, -0.1) is 5.10 Å². The van der Waals surface area contributed by atoms with Gasteiger partial charge in [-0.2, -0.15) is 5.10 Å². The lowest BCUT2D eigenvalue weighted by molar-refractivity contribution is 0.101. The molecule has 2 rings (SSSR count). The molecule has 5 N–H and O–H groups in total. The summed E-state index contributed by atoms with van der Waals surface area (Å²) in [4.78, 5) is 11.6. The number of carbonyl (C=O) groups is 1. The van der Waals surface area contributed by atoms with Crippen molar-refractivity contribution in [2.45, 2.75) is 33.3 Å². The van der Waals surface area contributed by atoms with Gasteiger partial charge in [0.05, 0.1) is 11.8 Å². The van der Waals surface area contributed by atoms with Crippen molar-refractivity contribution in [1.29, 1.82) is 0 Å². The Kier molecular flexibility index (Phi) is 6.93. The fraction of sp³-hybridized carbons (Fsp3) is 0.250. The van der Waals surface area contributed by atoms with Crippen molar-refractivity contribution < 1.29 is 14.6 Å². The van der Waals surface area contributed by atoms with Crippen LogP contribution in [0.2, 0.25) is 0 Å². The smallest absolute Gasteiger partial charge is 0.211 e. The third kappa shape index (κ3) is 5.57. The van der Waals surface area contributed by atoms with E-state index in [0.29, 0.717) is 24.3 Å². The van der Waals surface area contributed by atoms with Gasteiger partial charge in [-0.25, -0.2) is 0 Å². The zero-order valence-electron chi connectivity index (χ0n) is 15.5. The number of phenolic OH excluding ortho intramolecular Hbond substituents is 1. The SMILES string of the molecule is CCCc1c(COc2ccc(C=NN=C(N)N)cc2)ccc(C(C)=O)c1O. The molecule has 0 saturated heterocycles. The Hall–Kier alpha value is -3.35. The maximum atomic E-state index is 11.6. The zero-order valence-corrected chi connectivity index (χ0v) is 15.5. The average molecular weight is 368 g/mol. The summed E-state index contributed by atoms with van der Waals surface area (Å²) in [5.74, 6) is 0.465. The van der Waals surface area contributed by atoms with E-state index in [0.717, 1.165) is 23.1 Å². The molecule has 0 radical (unpaired) electrons. The predicted molar refractivity (Wildman–Crippen MR) is 106 cm³/mol. The third-order valence-corrected chi connectivity index (χ3v) is 3.91. The molecule has 7 heteroatoms. The number of nitrogens with zero attached hydrogens (tertiary/aromatic N) is 2. The van der Waals surface area contributed by atoms with Gasteiger partial charge < -0.3 is 21.3 Å². The largest absolute Gasteiger partial charge is 0.507 e. The summed E-state index contributed by atoms with van der Waals surface area (Å²) in [6.45, 7) is 3.76. The zero-order chi connectivity index (χ0) is 19.8. The van der Waals surface area contributed by atoms with Gasteiger partial charge in [0.15, 0.2) is 5.78 Å². The van der Waals surface area contributed by atoms with Crippen LogP contribution in [-0.4, -0.2) is 23.1 Å². The van der Waals surface area contributed by atoms with Gasteiger partial charge in [0.1, 0.15) is 18.1 Å². The molecule has 0 fully saturated rings. The summed E-state index contributed by atoms with van der Waals surface area (Å²) in [7, 11) is 0. The molecule has 0 aromatic heterocycles. The van der Waals surface area contributed by atoms with E-state index >= 15 is 0 Å². The van der Waals surface area contributed by atoms with Crippen molar-refractivity contribution in [3.05, 3.63) is 58.7 Å². The number of ether oxygens (including phenoxy) is 1. The van der Waals surface area contributed by atoms with Crippen LogP contribution >= 0.6 is 0 Å². The van der Waals surface area contributed by atoms with E-state index < -0.39 is 0 Å². The number of ketones is 1. The summed E-state index contributed by atoms with van der Waals surface area (Å²) < 4.78 is 5.82. The molecule has 0 heterocycles. The van der Waals surface area contributed by atoms with E-state index in [-0.39, 0.29) is 17.5 Å². The van der Waals surface area contributed by atoms with Crippen LogP contribution in [0.5, 0.6) is 11.5 Å². The standard InChI is InChI=1S/C20H24N4O3/c1-3-4-18-15(7-10-17(13(2)25)19(18)26)12-27-16-8-5-14(6-9-16)11-23-24-20(21)22/h5-11,26H,3-4,12H2,1-2H3,(H4,21,22,24). The van der Waals surface area contributed by atoms with Crippen LogP contribution in [0.4, 0.5) is 0 Å². The van der Waals surface area contributed by atoms with Gasteiger partial charge in [0.25, 0.3) is 0 Å². The predicted octanol–water partition coefficient (Wildman–Crippen LogP) is 2.73. The number of guanidine groups is 1. The van der Waals surface area contributed by atoms with E-state index in [1.165, 1.54) is 13.1 Å². The number of aromatic hydroxyl groups is 1. The molecule has 0 atom stereocenters. The van der Waals surface area contributed by atoms with Crippen LogP contribution in [0.3, 0.4) is 0 Å². The molecular formula is C20H24N4O3. The van der Waals surface area contributed by atoms with Gasteiger partial charge >= 0.3 is 0 Å². The number of phenols is 1. The summed E-state index contributed by atoms with van der Waals surface area (Å²) in [6, 6.07) is 10.7. The molecule has 2 aromatic carbocycles. The average Bonchev–Trinajstić information content (AvgIpc) is 2.63. The van der Waals surface area contributed by atoms with Crippen LogP contribution in [0.25, 0.3) is 0 Å². The van der Waals surface area contributed by atoms with Crippen molar-refractivity contribution in [3.63, 3.8) is 0 Å². The van der Waals surface area contributed by atoms with Gasteiger partial charge in [-0.05, 0) is 54.8 Å². The summed E-state index contributed by atoms with van der Waals surface area (Å²) in [5.41, 5.74) is 13.2. The number of nitrogens with two attached hydrogens (primary N) is 2. The molecule has 7 nitrogen and oxygen atoms in total. The molecular weight excluding hydrogens is 344 g/mol. The molecule has 0 amide bonds. The third-order valence-electron chi connectivity index (χ3n) is 3.91. The normalized spacial score (nSPS) is 10.7. The molecule has 0 spiro atoms. The summed E-state index contributed by atoms with van der Waals surface area (Å²) in [6.07, 6.45) is 3.05. The summed E-state index contributed by atoms with van der Waals surface area (Å²) in [5, 5.41) is 17.7. The monoisotopic (exact) mass is 368 g/mol. The van der Waals surface area contributed by atoms with Gasteiger partial charge in [0.2, 0.25) is 5.96 Å². The minimum Gasteiger partial charge on any atom is -0.507 e. The van der Waals surface area contributed by atoms with Crippen LogP contribution in [0, 0.1) is 0 Å². The van der Waals surface area contributed by atoms with Crippen molar-refractivity contribution in [3.8, 4) is 11.5 Å². The van der Waals surface area contributed by atoms with Gasteiger partial charge in [0, 0.05) is 5.56 Å². The second-order valence-electron chi connectivity index (χ2n) is 6.03. The molecule has 0 aliphatic heterocycles. The van der Waals surface area contributed by atoms with E-state index in [4.69, 9.17) is 16.2 Å². The Morgan fingerprint density at radius 3 is 2.48 bits per heavy atom. The summed E-state index contributed by atoms with van der Waals surface area (Å²) >= 11 is 0. The van der Waals surface area contributed by atoms with Crippen LogP contribution in [0.1, 0.15) is 47.3 Å². The van der Waals surface area contributed by atoms with E-state index in [2.05, 4.69) is 10.2 Å². The van der Waals surface area contributed by atoms with E-state index in [9.17, 15) is 9.90 Å². The lowest BCUT2D eigenvalue weighted by Gasteiger charge is -2.14. The first-order valence-electron chi connectivity index (χ1n) is 8.61. The molecule has 0 aliphatic carbocycles. The second kappa shape index (κ2) is 9.38. The Bertz CT molecular complexity index is 854. The first-order valence-corrected chi connectivity index (χ1v) is 8.61. The first-order chi connectivity index (χ1) is 12.9. The van der Waals surface area contributed by atoms with Crippen LogP contribution in [0.15, 0.2) is 46.6 Å². The molecule has 0 aliphatic rings. The highest BCUT2D eigenvalue weighted by atomic mass is 16.5. The minimum absolute atomic E-state index is 0.0525. The van der Waals surface area contributed by atoms with Crippen LogP contribution < -0.4 is 16.2 Å². The van der Waals surface area contributed by atoms with Crippen LogP contribution in [-0.2, 0) is 13.0 Å². The lowest BCUT2D eigenvalue weighted by atomic mass is 9.97. The van der Waals surface area contributed by atoms with Crippen molar-refractivity contribution >= 4 is 18.0 Å².